The molecule has 1 amide bonds. The summed E-state index contributed by atoms with van der Waals surface area (Å²) in [6.07, 6.45) is 3.00. The summed E-state index contributed by atoms with van der Waals surface area (Å²) in [5.74, 6) is 6.50. The van der Waals surface area contributed by atoms with Gasteiger partial charge in [0.15, 0.2) is 6.10 Å². The van der Waals surface area contributed by atoms with E-state index < -0.39 is 0 Å². The highest BCUT2D eigenvalue weighted by atomic mass is 35.5. The second-order valence-electron chi connectivity index (χ2n) is 7.10. The molecule has 2 fully saturated rings. The van der Waals surface area contributed by atoms with E-state index in [1.54, 1.807) is 19.1 Å². The van der Waals surface area contributed by atoms with Crippen molar-refractivity contribution in [3.8, 4) is 17.6 Å². The fraction of sp³-hybridized carbons (Fsp3) is 0.550. The van der Waals surface area contributed by atoms with Gasteiger partial charge in [0, 0.05) is 25.2 Å². The third-order valence-corrected chi connectivity index (χ3v) is 5.51. The number of fused-ring (bicyclic) bond motifs is 2. The van der Waals surface area contributed by atoms with Gasteiger partial charge in [0.05, 0.1) is 16.3 Å². The molecule has 0 radical (unpaired) electrons. The number of amides is 1. The quantitative estimate of drug-likeness (QED) is 0.627. The van der Waals surface area contributed by atoms with Crippen molar-refractivity contribution in [3.63, 3.8) is 0 Å². The molecule has 3 N–H and O–H groups in total. The predicted octanol–water partition coefficient (Wildman–Crippen LogP) is 2.93. The van der Waals surface area contributed by atoms with Gasteiger partial charge in [0.1, 0.15) is 5.75 Å². The fourth-order valence-corrected chi connectivity index (χ4v) is 4.05. The maximum absolute atomic E-state index is 13.0. The minimum absolute atomic E-state index is 0.164. The molecular formula is C20H26ClN3O2. The number of hydrogen-bond donors (Lipinski definition) is 2. The standard InChI is InChI=1S/C20H26ClN3O2/c1-3-5-13(2)26-19-11-17(22)16(21)10-15(19)20(25)23-18-7-9-24-8-4-6-14(18)12-24/h10-11,13-14,18H,4,6-9,12,22H2,1-2H3,(H,23,25)/t13-,14-,18-/m0/s1. The van der Waals surface area contributed by atoms with Gasteiger partial charge in [-0.2, -0.15) is 0 Å². The Morgan fingerprint density at radius 3 is 3.00 bits per heavy atom. The van der Waals surface area contributed by atoms with Crippen molar-refractivity contribution < 1.29 is 9.53 Å². The minimum Gasteiger partial charge on any atom is -0.477 e. The van der Waals surface area contributed by atoms with Crippen molar-refractivity contribution in [1.82, 2.24) is 10.2 Å². The number of carbonyl (C=O) groups excluding carboxylic acids is 1. The van der Waals surface area contributed by atoms with Crippen molar-refractivity contribution >= 4 is 23.2 Å². The molecule has 0 aliphatic carbocycles. The number of rotatable bonds is 4. The van der Waals surface area contributed by atoms with Gasteiger partial charge in [0.2, 0.25) is 0 Å². The first-order chi connectivity index (χ1) is 12.5. The monoisotopic (exact) mass is 375 g/mol. The zero-order valence-corrected chi connectivity index (χ0v) is 16.1. The maximum Gasteiger partial charge on any atom is 0.255 e. The summed E-state index contributed by atoms with van der Waals surface area (Å²) < 4.78 is 5.83. The Morgan fingerprint density at radius 2 is 2.23 bits per heavy atom. The second-order valence-corrected chi connectivity index (χ2v) is 7.50. The van der Waals surface area contributed by atoms with Gasteiger partial charge in [-0.05, 0) is 51.6 Å². The van der Waals surface area contributed by atoms with Crippen molar-refractivity contribution in [2.75, 3.05) is 25.4 Å². The van der Waals surface area contributed by atoms with Crippen LogP contribution in [-0.2, 0) is 0 Å². The molecule has 2 aliphatic heterocycles. The number of nitrogens with zero attached hydrogens (tertiary/aromatic N) is 1. The van der Waals surface area contributed by atoms with Crippen LogP contribution in [0.2, 0.25) is 5.02 Å². The largest absolute Gasteiger partial charge is 0.477 e. The summed E-state index contributed by atoms with van der Waals surface area (Å²) in [4.78, 5) is 15.4. The number of piperidine rings is 2. The Labute approximate surface area is 160 Å². The van der Waals surface area contributed by atoms with Crippen LogP contribution in [0.25, 0.3) is 0 Å². The number of carbonyl (C=O) groups is 1. The highest BCUT2D eigenvalue weighted by Crippen LogP contribution is 2.31. The molecular weight excluding hydrogens is 350 g/mol. The first-order valence-electron chi connectivity index (χ1n) is 9.19. The van der Waals surface area contributed by atoms with Crippen molar-refractivity contribution in [3.05, 3.63) is 22.7 Å². The number of hydrogen-bond acceptors (Lipinski definition) is 4. The molecule has 3 rings (SSSR count). The van der Waals surface area contributed by atoms with E-state index in [0.717, 1.165) is 25.9 Å². The van der Waals surface area contributed by atoms with E-state index in [1.165, 1.54) is 13.0 Å². The fourth-order valence-electron chi connectivity index (χ4n) is 3.88. The number of benzene rings is 1. The number of anilines is 1. The molecule has 1 aromatic carbocycles. The lowest BCUT2D eigenvalue weighted by Gasteiger charge is -2.42. The molecule has 0 spiro atoms. The van der Waals surface area contributed by atoms with Gasteiger partial charge in [-0.1, -0.05) is 17.5 Å². The van der Waals surface area contributed by atoms with E-state index in [1.807, 2.05) is 6.92 Å². The zero-order chi connectivity index (χ0) is 18.7. The molecule has 2 saturated heterocycles. The molecule has 2 heterocycles. The lowest BCUT2D eigenvalue weighted by molar-refractivity contribution is 0.0736. The molecule has 0 saturated carbocycles. The normalized spacial score (nSPS) is 25.6. The summed E-state index contributed by atoms with van der Waals surface area (Å²) in [7, 11) is 0. The molecule has 4 atom stereocenters. The molecule has 1 unspecified atom stereocenters. The lowest BCUT2D eigenvalue weighted by atomic mass is 9.85. The lowest BCUT2D eigenvalue weighted by Crippen LogP contribution is -2.53. The highest BCUT2D eigenvalue weighted by molar-refractivity contribution is 6.33. The molecule has 140 valence electrons. The average Bonchev–Trinajstić information content (AvgIpc) is 2.61. The Kier molecular flexibility index (Phi) is 5.95. The van der Waals surface area contributed by atoms with E-state index >= 15 is 0 Å². The third kappa shape index (κ3) is 4.25. The average molecular weight is 376 g/mol. The summed E-state index contributed by atoms with van der Waals surface area (Å²) in [5.41, 5.74) is 6.70. The summed E-state index contributed by atoms with van der Waals surface area (Å²) in [6.45, 7) is 6.87. The molecule has 5 nitrogen and oxygen atoms in total. The Balaban J connectivity index is 1.78. The molecule has 2 bridgehead atoms. The van der Waals surface area contributed by atoms with Crippen LogP contribution in [0.4, 0.5) is 5.69 Å². The van der Waals surface area contributed by atoms with Crippen molar-refractivity contribution in [1.29, 1.82) is 0 Å². The first kappa shape index (κ1) is 18.9. The van der Waals surface area contributed by atoms with Crippen LogP contribution in [-0.4, -0.2) is 42.6 Å². The van der Waals surface area contributed by atoms with E-state index in [9.17, 15) is 4.79 Å². The Morgan fingerprint density at radius 1 is 1.42 bits per heavy atom. The highest BCUT2D eigenvalue weighted by Gasteiger charge is 2.33. The van der Waals surface area contributed by atoms with E-state index in [4.69, 9.17) is 22.1 Å². The van der Waals surface area contributed by atoms with Crippen LogP contribution in [0.1, 0.15) is 43.5 Å². The van der Waals surface area contributed by atoms with E-state index in [0.29, 0.717) is 27.9 Å². The summed E-state index contributed by atoms with van der Waals surface area (Å²) >= 11 is 6.16. The topological polar surface area (TPSA) is 67.6 Å². The van der Waals surface area contributed by atoms with Gasteiger partial charge in [-0.15, -0.1) is 5.92 Å². The van der Waals surface area contributed by atoms with Gasteiger partial charge < -0.3 is 20.7 Å². The predicted molar refractivity (Wildman–Crippen MR) is 104 cm³/mol. The molecule has 2 aliphatic rings. The van der Waals surface area contributed by atoms with Crippen LogP contribution in [0.15, 0.2) is 12.1 Å². The van der Waals surface area contributed by atoms with E-state index in [-0.39, 0.29) is 18.1 Å². The van der Waals surface area contributed by atoms with Crippen LogP contribution in [0.5, 0.6) is 5.75 Å². The van der Waals surface area contributed by atoms with Crippen LogP contribution in [0, 0.1) is 17.8 Å². The molecule has 1 aromatic rings. The second kappa shape index (κ2) is 8.20. The van der Waals surface area contributed by atoms with Crippen LogP contribution < -0.4 is 15.8 Å². The molecule has 26 heavy (non-hydrogen) atoms. The van der Waals surface area contributed by atoms with Gasteiger partial charge in [-0.25, -0.2) is 0 Å². The Hall–Kier alpha value is -1.90. The van der Waals surface area contributed by atoms with Crippen LogP contribution >= 0.6 is 11.6 Å². The zero-order valence-electron chi connectivity index (χ0n) is 15.3. The number of nitrogens with two attached hydrogens (primary N) is 1. The third-order valence-electron chi connectivity index (χ3n) is 5.18. The van der Waals surface area contributed by atoms with Gasteiger partial charge >= 0.3 is 0 Å². The maximum atomic E-state index is 13.0. The van der Waals surface area contributed by atoms with Gasteiger partial charge in [0.25, 0.3) is 5.91 Å². The molecule has 6 heteroatoms. The molecule has 0 aromatic heterocycles. The Bertz CT molecular complexity index is 741. The van der Waals surface area contributed by atoms with Gasteiger partial charge in [-0.3, -0.25) is 4.79 Å². The minimum atomic E-state index is -0.339. The SMILES string of the molecule is CC#C[C@H](C)Oc1cc(N)c(Cl)cc1C(=O)N[C@H]1CCN2CCC[C@H]1C2. The number of halogens is 1. The van der Waals surface area contributed by atoms with Crippen LogP contribution in [0.3, 0.4) is 0 Å². The van der Waals surface area contributed by atoms with Crippen molar-refractivity contribution in [2.45, 2.75) is 45.3 Å². The number of nitrogen functional groups attached to an aromatic ring is 1. The number of nitrogens with one attached hydrogen (secondary N) is 1. The smallest absolute Gasteiger partial charge is 0.255 e. The number of ether oxygens (including phenoxy) is 1. The first-order valence-corrected chi connectivity index (χ1v) is 9.57. The van der Waals surface area contributed by atoms with E-state index in [2.05, 4.69) is 22.1 Å². The summed E-state index contributed by atoms with van der Waals surface area (Å²) in [6, 6.07) is 3.38. The van der Waals surface area contributed by atoms with Crippen molar-refractivity contribution in [2.24, 2.45) is 5.92 Å². The summed E-state index contributed by atoms with van der Waals surface area (Å²) in [5, 5.41) is 3.55.